The summed E-state index contributed by atoms with van der Waals surface area (Å²) in [5.74, 6) is -0.607. The molecule has 0 aliphatic heterocycles. The van der Waals surface area contributed by atoms with E-state index in [-0.39, 0.29) is 42.7 Å². The van der Waals surface area contributed by atoms with Crippen LogP contribution in [-0.4, -0.2) is 37.3 Å². The van der Waals surface area contributed by atoms with Crippen molar-refractivity contribution in [3.8, 4) is 22.9 Å². The van der Waals surface area contributed by atoms with Crippen LogP contribution < -0.4 is 14.2 Å². The molecule has 196 valence electrons. The lowest BCUT2D eigenvalue weighted by Gasteiger charge is -2.13. The van der Waals surface area contributed by atoms with Crippen molar-refractivity contribution in [2.75, 3.05) is 20.8 Å². The first-order chi connectivity index (χ1) is 18.6. The Hall–Kier alpha value is -4.72. The molecule has 1 heterocycles. The van der Waals surface area contributed by atoms with Crippen LogP contribution in [-0.2, 0) is 22.7 Å². The third kappa shape index (κ3) is 5.81. The second kappa shape index (κ2) is 12.5. The van der Waals surface area contributed by atoms with Crippen LogP contribution in [0.25, 0.3) is 5.69 Å². The maximum absolute atomic E-state index is 13.4. The SMILES string of the molecule is CCOC(=O)c1c(OCc2ccccc2)c(OCc2ccccc2)c(C(=O)OC)n1-c1ccc(OC)cc1. The standard InChI is InChI=1S/C30H29NO7/c1-4-36-30(33)26-28(38-20-22-13-9-6-10-14-22)27(37-19-21-11-7-5-8-12-21)25(29(32)35-3)31(26)23-15-17-24(34-2)18-16-23/h5-18H,4,19-20H2,1-3H3. The summed E-state index contributed by atoms with van der Waals surface area (Å²) in [6, 6.07) is 25.8. The van der Waals surface area contributed by atoms with Crippen LogP contribution in [0.2, 0.25) is 0 Å². The smallest absolute Gasteiger partial charge is 0.359 e. The Morgan fingerprint density at radius 1 is 0.684 bits per heavy atom. The first kappa shape index (κ1) is 26.3. The van der Waals surface area contributed by atoms with E-state index >= 15 is 0 Å². The first-order valence-corrected chi connectivity index (χ1v) is 12.1. The normalized spacial score (nSPS) is 10.5. The molecule has 0 amide bonds. The molecule has 0 radical (unpaired) electrons. The highest BCUT2D eigenvalue weighted by Gasteiger charge is 2.36. The summed E-state index contributed by atoms with van der Waals surface area (Å²) < 4.78 is 29.7. The van der Waals surface area contributed by atoms with Gasteiger partial charge in [-0.05, 0) is 42.3 Å². The Bertz CT molecular complexity index is 1360. The quantitative estimate of drug-likeness (QED) is 0.240. The fourth-order valence-corrected chi connectivity index (χ4v) is 3.91. The summed E-state index contributed by atoms with van der Waals surface area (Å²) in [4.78, 5) is 26.6. The summed E-state index contributed by atoms with van der Waals surface area (Å²) in [6.07, 6.45) is 0. The zero-order valence-corrected chi connectivity index (χ0v) is 21.5. The number of carbonyl (C=O) groups is 2. The van der Waals surface area contributed by atoms with E-state index in [0.717, 1.165) is 11.1 Å². The summed E-state index contributed by atoms with van der Waals surface area (Å²) in [5, 5.41) is 0. The van der Waals surface area contributed by atoms with Crippen LogP contribution in [0.1, 0.15) is 39.0 Å². The lowest BCUT2D eigenvalue weighted by atomic mass is 10.2. The molecule has 3 aromatic carbocycles. The molecule has 8 heteroatoms. The minimum Gasteiger partial charge on any atom is -0.497 e. The molecule has 0 bridgehead atoms. The van der Waals surface area contributed by atoms with Crippen molar-refractivity contribution >= 4 is 11.9 Å². The van der Waals surface area contributed by atoms with Crippen LogP contribution in [0.5, 0.6) is 17.2 Å². The lowest BCUT2D eigenvalue weighted by Crippen LogP contribution is -2.17. The third-order valence-corrected chi connectivity index (χ3v) is 5.71. The van der Waals surface area contributed by atoms with Gasteiger partial charge in [0, 0.05) is 5.69 Å². The summed E-state index contributed by atoms with van der Waals surface area (Å²) in [5.41, 5.74) is 2.24. The average Bonchev–Trinajstić information content (AvgIpc) is 3.29. The van der Waals surface area contributed by atoms with Gasteiger partial charge in [0.25, 0.3) is 0 Å². The Kier molecular flexibility index (Phi) is 8.66. The van der Waals surface area contributed by atoms with Gasteiger partial charge in [-0.3, -0.25) is 4.57 Å². The van der Waals surface area contributed by atoms with E-state index in [0.29, 0.717) is 11.4 Å². The maximum Gasteiger partial charge on any atom is 0.359 e. The number of rotatable bonds is 11. The molecule has 0 spiro atoms. The summed E-state index contributed by atoms with van der Waals surface area (Å²) in [6.45, 7) is 2.08. The monoisotopic (exact) mass is 515 g/mol. The highest BCUT2D eigenvalue weighted by Crippen LogP contribution is 2.42. The number of carbonyl (C=O) groups excluding carboxylic acids is 2. The highest BCUT2D eigenvalue weighted by atomic mass is 16.5. The summed E-state index contributed by atoms with van der Waals surface area (Å²) >= 11 is 0. The molecular formula is C30H29NO7. The van der Waals surface area contributed by atoms with Gasteiger partial charge in [0.15, 0.2) is 22.9 Å². The van der Waals surface area contributed by atoms with Crippen molar-refractivity contribution in [1.82, 2.24) is 4.57 Å². The van der Waals surface area contributed by atoms with Gasteiger partial charge < -0.3 is 23.7 Å². The summed E-state index contributed by atoms with van der Waals surface area (Å²) in [7, 11) is 2.82. The number of hydrogen-bond donors (Lipinski definition) is 0. The number of methoxy groups -OCH3 is 2. The van der Waals surface area contributed by atoms with E-state index in [9.17, 15) is 9.59 Å². The van der Waals surface area contributed by atoms with E-state index in [1.165, 1.54) is 11.7 Å². The van der Waals surface area contributed by atoms with Gasteiger partial charge in [-0.15, -0.1) is 0 Å². The Morgan fingerprint density at radius 2 is 1.18 bits per heavy atom. The van der Waals surface area contributed by atoms with Crippen LogP contribution in [0.3, 0.4) is 0 Å². The molecule has 0 saturated heterocycles. The van der Waals surface area contributed by atoms with E-state index in [1.54, 1.807) is 38.3 Å². The number of nitrogens with zero attached hydrogens (tertiary/aromatic N) is 1. The average molecular weight is 516 g/mol. The molecular weight excluding hydrogens is 486 g/mol. The van der Waals surface area contributed by atoms with Gasteiger partial charge >= 0.3 is 11.9 Å². The number of esters is 2. The largest absolute Gasteiger partial charge is 0.497 e. The molecule has 4 aromatic rings. The van der Waals surface area contributed by atoms with Crippen LogP contribution in [0, 0.1) is 0 Å². The van der Waals surface area contributed by atoms with Crippen molar-refractivity contribution in [2.24, 2.45) is 0 Å². The van der Waals surface area contributed by atoms with Crippen molar-refractivity contribution in [1.29, 1.82) is 0 Å². The Balaban J connectivity index is 1.93. The van der Waals surface area contributed by atoms with E-state index in [1.807, 2.05) is 60.7 Å². The second-order valence-corrected chi connectivity index (χ2v) is 8.15. The fourth-order valence-electron chi connectivity index (χ4n) is 3.91. The molecule has 0 aliphatic carbocycles. The molecule has 0 unspecified atom stereocenters. The first-order valence-electron chi connectivity index (χ1n) is 12.1. The molecule has 0 saturated carbocycles. The molecule has 38 heavy (non-hydrogen) atoms. The minimum absolute atomic E-state index is 0.000266. The third-order valence-electron chi connectivity index (χ3n) is 5.71. The number of hydrogen-bond acceptors (Lipinski definition) is 7. The number of ether oxygens (including phenoxy) is 5. The van der Waals surface area contributed by atoms with Crippen molar-refractivity contribution in [3.05, 3.63) is 107 Å². The molecule has 0 atom stereocenters. The second-order valence-electron chi connectivity index (χ2n) is 8.15. The van der Waals surface area contributed by atoms with Gasteiger partial charge in [0.05, 0.1) is 20.8 Å². The van der Waals surface area contributed by atoms with E-state index < -0.39 is 11.9 Å². The van der Waals surface area contributed by atoms with Crippen LogP contribution >= 0.6 is 0 Å². The molecule has 1 aromatic heterocycles. The van der Waals surface area contributed by atoms with Gasteiger partial charge in [-0.2, -0.15) is 0 Å². The maximum atomic E-state index is 13.4. The fraction of sp³-hybridized carbons (Fsp3) is 0.200. The van der Waals surface area contributed by atoms with Crippen molar-refractivity contribution in [3.63, 3.8) is 0 Å². The van der Waals surface area contributed by atoms with Crippen molar-refractivity contribution in [2.45, 2.75) is 20.1 Å². The van der Waals surface area contributed by atoms with Gasteiger partial charge in [-0.1, -0.05) is 60.7 Å². The number of aromatic nitrogens is 1. The van der Waals surface area contributed by atoms with Crippen molar-refractivity contribution < 1.29 is 33.3 Å². The van der Waals surface area contributed by atoms with Gasteiger partial charge in [0.1, 0.15) is 19.0 Å². The van der Waals surface area contributed by atoms with Gasteiger partial charge in [0.2, 0.25) is 0 Å². The van der Waals surface area contributed by atoms with Crippen LogP contribution in [0.15, 0.2) is 84.9 Å². The number of benzene rings is 3. The molecule has 4 rings (SSSR count). The molecule has 0 N–H and O–H groups in total. The highest BCUT2D eigenvalue weighted by molar-refractivity contribution is 6.01. The predicted molar refractivity (Wildman–Crippen MR) is 141 cm³/mol. The topological polar surface area (TPSA) is 85.2 Å². The van der Waals surface area contributed by atoms with Crippen LogP contribution in [0.4, 0.5) is 0 Å². The lowest BCUT2D eigenvalue weighted by molar-refractivity contribution is 0.0510. The minimum atomic E-state index is -0.705. The van der Waals surface area contributed by atoms with Gasteiger partial charge in [-0.25, -0.2) is 9.59 Å². The predicted octanol–water partition coefficient (Wildman–Crippen LogP) is 5.61. The molecule has 0 fully saturated rings. The zero-order valence-electron chi connectivity index (χ0n) is 21.5. The molecule has 8 nitrogen and oxygen atoms in total. The Labute approximate surface area is 221 Å². The zero-order chi connectivity index (χ0) is 26.9. The molecule has 0 aliphatic rings. The van der Waals surface area contributed by atoms with E-state index in [4.69, 9.17) is 23.7 Å². The van der Waals surface area contributed by atoms with E-state index in [2.05, 4.69) is 0 Å². The Morgan fingerprint density at radius 3 is 1.63 bits per heavy atom.